The van der Waals surface area contributed by atoms with Gasteiger partial charge in [0.1, 0.15) is 0 Å². The fourth-order valence-electron chi connectivity index (χ4n) is 2.81. The first-order chi connectivity index (χ1) is 5.75. The highest BCUT2D eigenvalue weighted by Gasteiger charge is 2.30. The Bertz CT molecular complexity index is 137. The third-order valence-electron chi connectivity index (χ3n) is 3.64. The minimum atomic E-state index is 0.949. The molecule has 0 unspecified atom stereocenters. The molecule has 0 radical (unpaired) electrons. The molecule has 0 aromatic rings. The van der Waals surface area contributed by atoms with E-state index in [2.05, 4.69) is 18.7 Å². The first-order valence-corrected chi connectivity index (χ1v) is 5.49. The van der Waals surface area contributed by atoms with E-state index < -0.39 is 0 Å². The summed E-state index contributed by atoms with van der Waals surface area (Å²) in [6.07, 6.45) is 5.83. The molecule has 2 aliphatic heterocycles. The fraction of sp³-hybridized carbons (Fsp3) is 1.00. The molecule has 0 aromatic carbocycles. The Kier molecular flexibility index (Phi) is 2.40. The number of rotatable bonds is 0. The lowest BCUT2D eigenvalue weighted by atomic mass is 9.84. The summed E-state index contributed by atoms with van der Waals surface area (Å²) in [5.41, 5.74) is 0. The molecule has 0 aliphatic carbocycles. The molecular formula is C11H21N. The predicted molar refractivity (Wildman–Crippen MR) is 52.2 cm³/mol. The molecule has 0 spiro atoms. The van der Waals surface area contributed by atoms with Gasteiger partial charge in [0, 0.05) is 12.6 Å². The van der Waals surface area contributed by atoms with Crippen LogP contribution in [0.2, 0.25) is 0 Å². The van der Waals surface area contributed by atoms with Gasteiger partial charge in [-0.3, -0.25) is 0 Å². The number of nitrogens with zero attached hydrogens (tertiary/aromatic N) is 1. The molecule has 1 nitrogen and oxygen atoms in total. The van der Waals surface area contributed by atoms with E-state index >= 15 is 0 Å². The van der Waals surface area contributed by atoms with Crippen molar-refractivity contribution in [2.75, 3.05) is 13.1 Å². The monoisotopic (exact) mass is 167 g/mol. The van der Waals surface area contributed by atoms with Crippen molar-refractivity contribution >= 4 is 0 Å². The van der Waals surface area contributed by atoms with Crippen LogP contribution in [0.3, 0.4) is 0 Å². The second kappa shape index (κ2) is 3.37. The Morgan fingerprint density at radius 1 is 1.00 bits per heavy atom. The van der Waals surface area contributed by atoms with Crippen LogP contribution in [0.5, 0.6) is 0 Å². The smallest absolute Gasteiger partial charge is 0.00980 e. The SMILES string of the molecule is C[C@H]1CCN2C[C@@H](C)CC[C@H]2C1. The summed E-state index contributed by atoms with van der Waals surface area (Å²) in [6.45, 7) is 7.55. The zero-order valence-electron chi connectivity index (χ0n) is 8.42. The van der Waals surface area contributed by atoms with Gasteiger partial charge in [-0.25, -0.2) is 0 Å². The molecule has 1 heteroatoms. The van der Waals surface area contributed by atoms with Gasteiger partial charge in [0.05, 0.1) is 0 Å². The number of hydrogen-bond acceptors (Lipinski definition) is 1. The van der Waals surface area contributed by atoms with Crippen molar-refractivity contribution in [2.24, 2.45) is 11.8 Å². The van der Waals surface area contributed by atoms with Gasteiger partial charge in [-0.1, -0.05) is 13.8 Å². The van der Waals surface area contributed by atoms with Crippen LogP contribution >= 0.6 is 0 Å². The van der Waals surface area contributed by atoms with E-state index in [0.717, 1.165) is 17.9 Å². The summed E-state index contributed by atoms with van der Waals surface area (Å²) in [5.74, 6) is 1.94. The van der Waals surface area contributed by atoms with Crippen LogP contribution in [0.1, 0.15) is 39.5 Å². The lowest BCUT2D eigenvalue weighted by molar-refractivity contribution is 0.0600. The van der Waals surface area contributed by atoms with Crippen LogP contribution in [-0.4, -0.2) is 24.0 Å². The molecule has 2 rings (SSSR count). The lowest BCUT2D eigenvalue weighted by Gasteiger charge is -2.43. The molecule has 0 amide bonds. The maximum Gasteiger partial charge on any atom is 0.00980 e. The Balaban J connectivity index is 1.94. The molecule has 0 aromatic heterocycles. The van der Waals surface area contributed by atoms with Gasteiger partial charge in [-0.15, -0.1) is 0 Å². The van der Waals surface area contributed by atoms with Crippen molar-refractivity contribution in [3.63, 3.8) is 0 Å². The standard InChI is InChI=1S/C11H21N/c1-9-5-6-12-8-10(2)3-4-11(12)7-9/h9-11H,3-8H2,1-2H3/t9-,10-,11-/m0/s1. The van der Waals surface area contributed by atoms with Crippen molar-refractivity contribution in [3.05, 3.63) is 0 Å². The highest BCUT2D eigenvalue weighted by Crippen LogP contribution is 2.31. The highest BCUT2D eigenvalue weighted by molar-refractivity contribution is 4.85. The Morgan fingerprint density at radius 3 is 2.67 bits per heavy atom. The summed E-state index contributed by atoms with van der Waals surface area (Å²) in [4.78, 5) is 2.73. The molecule has 12 heavy (non-hydrogen) atoms. The molecule has 70 valence electrons. The van der Waals surface area contributed by atoms with Gasteiger partial charge >= 0.3 is 0 Å². The van der Waals surface area contributed by atoms with Crippen LogP contribution in [0, 0.1) is 11.8 Å². The van der Waals surface area contributed by atoms with E-state index in [1.165, 1.54) is 38.8 Å². The molecule has 0 bridgehead atoms. The van der Waals surface area contributed by atoms with Gasteiger partial charge in [0.2, 0.25) is 0 Å². The maximum atomic E-state index is 2.73. The van der Waals surface area contributed by atoms with Crippen molar-refractivity contribution < 1.29 is 0 Å². The van der Waals surface area contributed by atoms with Gasteiger partial charge < -0.3 is 4.90 Å². The van der Waals surface area contributed by atoms with Gasteiger partial charge in [0.15, 0.2) is 0 Å². The van der Waals surface area contributed by atoms with Crippen LogP contribution < -0.4 is 0 Å². The summed E-state index contributed by atoms with van der Waals surface area (Å²) in [5, 5.41) is 0. The van der Waals surface area contributed by atoms with E-state index in [1.807, 2.05) is 0 Å². The summed E-state index contributed by atoms with van der Waals surface area (Å²) in [6, 6.07) is 0.949. The average molecular weight is 167 g/mol. The first kappa shape index (κ1) is 8.55. The first-order valence-electron chi connectivity index (χ1n) is 5.49. The van der Waals surface area contributed by atoms with Crippen LogP contribution in [0.15, 0.2) is 0 Å². The molecule has 2 aliphatic rings. The quantitative estimate of drug-likeness (QED) is 0.536. The van der Waals surface area contributed by atoms with Crippen molar-refractivity contribution in [1.82, 2.24) is 4.90 Å². The number of piperidine rings is 2. The van der Waals surface area contributed by atoms with Gasteiger partial charge in [-0.2, -0.15) is 0 Å². The average Bonchev–Trinajstić information content (AvgIpc) is 2.05. The topological polar surface area (TPSA) is 3.24 Å². The van der Waals surface area contributed by atoms with Gasteiger partial charge in [0.25, 0.3) is 0 Å². The number of fused-ring (bicyclic) bond motifs is 1. The molecule has 0 N–H and O–H groups in total. The zero-order valence-corrected chi connectivity index (χ0v) is 8.42. The largest absolute Gasteiger partial charge is 0.300 e. The van der Waals surface area contributed by atoms with Crippen LogP contribution in [-0.2, 0) is 0 Å². The second-order valence-electron chi connectivity index (χ2n) is 4.96. The predicted octanol–water partition coefficient (Wildman–Crippen LogP) is 2.52. The molecule has 2 fully saturated rings. The minimum absolute atomic E-state index is 0.949. The normalized spacial score (nSPS) is 44.0. The van der Waals surface area contributed by atoms with E-state index in [0.29, 0.717) is 0 Å². The summed E-state index contributed by atoms with van der Waals surface area (Å²) in [7, 11) is 0. The van der Waals surface area contributed by atoms with E-state index in [1.54, 1.807) is 0 Å². The van der Waals surface area contributed by atoms with Gasteiger partial charge in [-0.05, 0) is 44.1 Å². The van der Waals surface area contributed by atoms with E-state index in [9.17, 15) is 0 Å². The Morgan fingerprint density at radius 2 is 1.83 bits per heavy atom. The summed E-state index contributed by atoms with van der Waals surface area (Å²) >= 11 is 0. The van der Waals surface area contributed by atoms with Crippen molar-refractivity contribution in [3.8, 4) is 0 Å². The number of hydrogen-bond donors (Lipinski definition) is 0. The lowest BCUT2D eigenvalue weighted by Crippen LogP contribution is -2.47. The second-order valence-corrected chi connectivity index (χ2v) is 4.96. The minimum Gasteiger partial charge on any atom is -0.300 e. The van der Waals surface area contributed by atoms with E-state index in [4.69, 9.17) is 0 Å². The Labute approximate surface area is 76.1 Å². The third kappa shape index (κ3) is 1.66. The Hall–Kier alpha value is -0.0400. The van der Waals surface area contributed by atoms with Crippen molar-refractivity contribution in [1.29, 1.82) is 0 Å². The fourth-order valence-corrected chi connectivity index (χ4v) is 2.81. The molecule has 3 atom stereocenters. The maximum absolute atomic E-state index is 2.73. The molecule has 2 saturated heterocycles. The van der Waals surface area contributed by atoms with E-state index in [-0.39, 0.29) is 0 Å². The van der Waals surface area contributed by atoms with Crippen LogP contribution in [0.4, 0.5) is 0 Å². The van der Waals surface area contributed by atoms with Crippen LogP contribution in [0.25, 0.3) is 0 Å². The molecular weight excluding hydrogens is 146 g/mol. The third-order valence-corrected chi connectivity index (χ3v) is 3.64. The molecule has 0 saturated carbocycles. The molecule has 2 heterocycles. The highest BCUT2D eigenvalue weighted by atomic mass is 15.2. The zero-order chi connectivity index (χ0) is 8.55. The summed E-state index contributed by atoms with van der Waals surface area (Å²) < 4.78 is 0. The van der Waals surface area contributed by atoms with Crippen molar-refractivity contribution in [2.45, 2.75) is 45.6 Å².